The van der Waals surface area contributed by atoms with Crippen LogP contribution in [0.2, 0.25) is 0 Å². The van der Waals surface area contributed by atoms with Gasteiger partial charge in [0.1, 0.15) is 11.4 Å². The van der Waals surface area contributed by atoms with Gasteiger partial charge in [0.05, 0.1) is 12.2 Å². The molecule has 0 saturated carbocycles. The quantitative estimate of drug-likeness (QED) is 0.639. The van der Waals surface area contributed by atoms with E-state index in [2.05, 4.69) is 20.1 Å². The molecule has 9 heteroatoms. The second-order valence-corrected chi connectivity index (χ2v) is 6.87. The molecule has 28 heavy (non-hydrogen) atoms. The van der Waals surface area contributed by atoms with Gasteiger partial charge in [-0.1, -0.05) is 28.5 Å². The minimum absolute atomic E-state index is 0.0676. The maximum atomic E-state index is 12.6. The first-order valence-electron chi connectivity index (χ1n) is 8.90. The molecule has 4 rings (SSSR count). The zero-order valence-corrected chi connectivity index (χ0v) is 15.8. The molecule has 0 spiro atoms. The highest BCUT2D eigenvalue weighted by Gasteiger charge is 2.22. The van der Waals surface area contributed by atoms with E-state index in [4.69, 9.17) is 14.0 Å². The Morgan fingerprint density at radius 2 is 2.00 bits per heavy atom. The third-order valence-electron chi connectivity index (χ3n) is 4.70. The summed E-state index contributed by atoms with van der Waals surface area (Å²) in [5.41, 5.74) is 3.06. The fourth-order valence-electron chi connectivity index (χ4n) is 3.03. The van der Waals surface area contributed by atoms with Gasteiger partial charge in [-0.05, 0) is 31.0 Å². The van der Waals surface area contributed by atoms with Crippen molar-refractivity contribution in [2.24, 2.45) is 0 Å². The summed E-state index contributed by atoms with van der Waals surface area (Å²) < 4.78 is 20.7. The Morgan fingerprint density at radius 1 is 1.18 bits per heavy atom. The van der Waals surface area contributed by atoms with Gasteiger partial charge in [-0.15, -0.1) is 0 Å². The van der Waals surface area contributed by atoms with Crippen LogP contribution in [0.5, 0.6) is 11.5 Å². The predicted octanol–water partition coefficient (Wildman–Crippen LogP) is 2.71. The fourth-order valence-corrected chi connectivity index (χ4v) is 3.03. The maximum Gasteiger partial charge on any atom is 0.292 e. The van der Waals surface area contributed by atoms with Crippen LogP contribution in [-0.4, -0.2) is 40.1 Å². The number of aryl methyl sites for hydroxylation is 1. The first kappa shape index (κ1) is 18.0. The smallest absolute Gasteiger partial charge is 0.292 e. The van der Waals surface area contributed by atoms with Crippen LogP contribution in [-0.2, 0) is 13.0 Å². The minimum atomic E-state index is -0.281. The Kier molecular flexibility index (Phi) is 4.72. The van der Waals surface area contributed by atoms with Crippen LogP contribution in [0.25, 0.3) is 0 Å². The largest absolute Gasteiger partial charge is 0.454 e. The lowest BCUT2D eigenvalue weighted by Gasteiger charge is -2.13. The molecule has 9 nitrogen and oxygen atoms in total. The van der Waals surface area contributed by atoms with Crippen molar-refractivity contribution in [2.45, 2.75) is 32.7 Å². The highest BCUT2D eigenvalue weighted by molar-refractivity contribution is 5.91. The van der Waals surface area contributed by atoms with Crippen LogP contribution in [0.4, 0.5) is 0 Å². The summed E-state index contributed by atoms with van der Waals surface area (Å²) in [6, 6.07) is 7.55. The molecule has 1 aliphatic heterocycles. The predicted molar refractivity (Wildman–Crippen MR) is 96.0 cm³/mol. The van der Waals surface area contributed by atoms with E-state index in [0.29, 0.717) is 17.1 Å². The van der Waals surface area contributed by atoms with Crippen LogP contribution in [0.3, 0.4) is 0 Å². The molecule has 0 bridgehead atoms. The van der Waals surface area contributed by atoms with E-state index >= 15 is 0 Å². The number of aromatic nitrogens is 3. The lowest BCUT2D eigenvalue weighted by molar-refractivity contribution is 0.0740. The number of benzene rings is 1. The molecule has 0 saturated heterocycles. The highest BCUT2D eigenvalue weighted by Crippen LogP contribution is 2.34. The number of fused-ring (bicyclic) bond motifs is 1. The van der Waals surface area contributed by atoms with Crippen LogP contribution in [0.15, 0.2) is 33.4 Å². The zero-order chi connectivity index (χ0) is 19.7. The topological polar surface area (TPSA) is 104 Å². The van der Waals surface area contributed by atoms with E-state index in [1.807, 2.05) is 25.1 Å². The Balaban J connectivity index is 1.41. The molecule has 0 unspecified atom stereocenters. The standard InChI is InChI=1S/C19H20N4O5/c1-11(6-13-4-5-16-17(7-13)26-10-25-16)14-8-18(27-21-14)19(24)23(3)9-15-12(2)20-28-22-15/h4-5,7-8,11H,6,9-10H2,1-3H3/t11-/m1/s1. The molecule has 3 heterocycles. The van der Waals surface area contributed by atoms with Crippen LogP contribution >= 0.6 is 0 Å². The summed E-state index contributed by atoms with van der Waals surface area (Å²) in [5.74, 6) is 1.48. The van der Waals surface area contributed by atoms with E-state index in [9.17, 15) is 4.79 Å². The van der Waals surface area contributed by atoms with E-state index < -0.39 is 0 Å². The number of hydrogen-bond acceptors (Lipinski definition) is 8. The fraction of sp³-hybridized carbons (Fsp3) is 0.368. The Hall–Kier alpha value is -3.36. The van der Waals surface area contributed by atoms with E-state index in [1.54, 1.807) is 20.0 Å². The molecule has 0 fully saturated rings. The van der Waals surface area contributed by atoms with E-state index in [-0.39, 0.29) is 30.9 Å². The SMILES string of the molecule is Cc1nonc1CN(C)C(=O)c1cc([C@H](C)Cc2ccc3c(c2)OCO3)no1. The highest BCUT2D eigenvalue weighted by atomic mass is 16.7. The Labute approximate surface area is 161 Å². The molecule has 0 aliphatic carbocycles. The Morgan fingerprint density at radius 3 is 2.79 bits per heavy atom. The second-order valence-electron chi connectivity index (χ2n) is 6.87. The molecule has 2 aromatic heterocycles. The van der Waals surface area contributed by atoms with Gasteiger partial charge in [-0.2, -0.15) is 0 Å². The summed E-state index contributed by atoms with van der Waals surface area (Å²) in [7, 11) is 1.66. The van der Waals surface area contributed by atoms with Crippen molar-refractivity contribution >= 4 is 5.91 Å². The molecule has 1 atom stereocenters. The third kappa shape index (κ3) is 3.55. The van der Waals surface area contributed by atoms with Gasteiger partial charge in [0, 0.05) is 19.0 Å². The molecule has 1 aliphatic rings. The summed E-state index contributed by atoms with van der Waals surface area (Å²) in [6.45, 7) is 4.33. The van der Waals surface area contributed by atoms with Gasteiger partial charge < -0.3 is 18.9 Å². The van der Waals surface area contributed by atoms with Crippen LogP contribution in [0.1, 0.15) is 46.0 Å². The second kappa shape index (κ2) is 7.34. The van der Waals surface area contributed by atoms with Gasteiger partial charge in [0.25, 0.3) is 5.91 Å². The average Bonchev–Trinajstić information content (AvgIpc) is 3.42. The van der Waals surface area contributed by atoms with Crippen molar-refractivity contribution in [1.29, 1.82) is 0 Å². The summed E-state index contributed by atoms with van der Waals surface area (Å²) in [6.07, 6.45) is 0.733. The molecule has 3 aromatic rings. The van der Waals surface area contributed by atoms with Crippen LogP contribution < -0.4 is 9.47 Å². The summed E-state index contributed by atoms with van der Waals surface area (Å²) in [4.78, 5) is 14.1. The number of nitrogens with zero attached hydrogens (tertiary/aromatic N) is 4. The van der Waals surface area contributed by atoms with E-state index in [1.165, 1.54) is 4.90 Å². The number of carbonyl (C=O) groups is 1. The Bertz CT molecular complexity index is 996. The molecule has 1 amide bonds. The number of amides is 1. The van der Waals surface area contributed by atoms with Crippen molar-refractivity contribution < 1.29 is 23.4 Å². The number of rotatable bonds is 6. The lowest BCUT2D eigenvalue weighted by Crippen LogP contribution is -2.26. The molecule has 0 N–H and O–H groups in total. The molecule has 0 radical (unpaired) electrons. The van der Waals surface area contributed by atoms with Crippen molar-refractivity contribution in [1.82, 2.24) is 20.4 Å². The van der Waals surface area contributed by atoms with Crippen molar-refractivity contribution in [3.05, 3.63) is 52.7 Å². The third-order valence-corrected chi connectivity index (χ3v) is 4.70. The minimum Gasteiger partial charge on any atom is -0.454 e. The number of hydrogen-bond donors (Lipinski definition) is 0. The average molecular weight is 384 g/mol. The monoisotopic (exact) mass is 384 g/mol. The molecule has 1 aromatic carbocycles. The van der Waals surface area contributed by atoms with Crippen molar-refractivity contribution in [3.63, 3.8) is 0 Å². The molecular weight excluding hydrogens is 364 g/mol. The van der Waals surface area contributed by atoms with Crippen LogP contribution in [0, 0.1) is 6.92 Å². The zero-order valence-electron chi connectivity index (χ0n) is 15.8. The summed E-state index contributed by atoms with van der Waals surface area (Å²) in [5, 5.41) is 11.6. The normalized spacial score (nSPS) is 13.5. The molecular formula is C19H20N4O5. The number of ether oxygens (including phenoxy) is 2. The van der Waals surface area contributed by atoms with Crippen molar-refractivity contribution in [2.75, 3.05) is 13.8 Å². The van der Waals surface area contributed by atoms with Crippen molar-refractivity contribution in [3.8, 4) is 11.5 Å². The number of carbonyl (C=O) groups excluding carboxylic acids is 1. The summed E-state index contributed by atoms with van der Waals surface area (Å²) >= 11 is 0. The van der Waals surface area contributed by atoms with Gasteiger partial charge in [0.2, 0.25) is 12.6 Å². The van der Waals surface area contributed by atoms with Gasteiger partial charge in [-0.25, -0.2) is 4.63 Å². The van der Waals surface area contributed by atoms with Gasteiger partial charge >= 0.3 is 0 Å². The van der Waals surface area contributed by atoms with Gasteiger partial charge in [-0.3, -0.25) is 4.79 Å². The first-order valence-corrected chi connectivity index (χ1v) is 8.90. The lowest BCUT2D eigenvalue weighted by atomic mass is 9.97. The van der Waals surface area contributed by atoms with E-state index in [0.717, 1.165) is 23.5 Å². The van der Waals surface area contributed by atoms with Gasteiger partial charge in [0.15, 0.2) is 11.5 Å². The first-order chi connectivity index (χ1) is 13.5. The molecule has 146 valence electrons. The maximum absolute atomic E-state index is 12.6.